The van der Waals surface area contributed by atoms with Gasteiger partial charge in [0.2, 0.25) is 0 Å². The third-order valence-electron chi connectivity index (χ3n) is 3.25. The molecule has 0 saturated heterocycles. The Bertz CT molecular complexity index is 415. The predicted molar refractivity (Wildman–Crippen MR) is 73.6 cm³/mol. The summed E-state index contributed by atoms with van der Waals surface area (Å²) in [4.78, 5) is 0.223. The van der Waals surface area contributed by atoms with Gasteiger partial charge in [-0.2, -0.15) is 13.2 Å². The minimum atomic E-state index is -4.22. The van der Waals surface area contributed by atoms with Gasteiger partial charge in [0.05, 0.1) is 6.10 Å². The van der Waals surface area contributed by atoms with Crippen molar-refractivity contribution in [2.45, 2.75) is 48.9 Å². The highest BCUT2D eigenvalue weighted by atomic mass is 32.2. The van der Waals surface area contributed by atoms with Crippen molar-refractivity contribution >= 4 is 11.8 Å². The van der Waals surface area contributed by atoms with Crippen molar-refractivity contribution in [3.05, 3.63) is 29.8 Å². The van der Waals surface area contributed by atoms with Crippen LogP contribution in [0.15, 0.2) is 29.2 Å². The van der Waals surface area contributed by atoms with Gasteiger partial charge < -0.3 is 10.1 Å². The molecule has 1 N–H and O–H groups in total. The number of alkyl halides is 3. The highest BCUT2D eigenvalue weighted by Crippen LogP contribution is 2.36. The standard InChI is InChI=1S/C14H18F3NOS/c1-2-19-12-7-11(8-12)18-9-10-3-5-13(6-4-10)20-14(15,16)17/h3-6,11-12,18H,2,7-9H2,1H3. The number of hydrogen-bond acceptors (Lipinski definition) is 3. The Labute approximate surface area is 121 Å². The third-order valence-corrected chi connectivity index (χ3v) is 3.99. The van der Waals surface area contributed by atoms with Crippen LogP contribution in [0.5, 0.6) is 0 Å². The van der Waals surface area contributed by atoms with Gasteiger partial charge in [-0.05, 0) is 49.2 Å². The average Bonchev–Trinajstić information content (AvgIpc) is 2.32. The molecule has 0 bridgehead atoms. The smallest absolute Gasteiger partial charge is 0.378 e. The normalized spacial score (nSPS) is 22.6. The first-order valence-corrected chi connectivity index (χ1v) is 7.47. The molecule has 112 valence electrons. The molecule has 20 heavy (non-hydrogen) atoms. The Morgan fingerprint density at radius 2 is 1.90 bits per heavy atom. The Balaban J connectivity index is 1.72. The molecule has 2 nitrogen and oxygen atoms in total. The second kappa shape index (κ2) is 6.83. The molecule has 0 unspecified atom stereocenters. The molecule has 0 spiro atoms. The lowest BCUT2D eigenvalue weighted by Crippen LogP contribution is -2.45. The van der Waals surface area contributed by atoms with E-state index in [1.54, 1.807) is 12.1 Å². The van der Waals surface area contributed by atoms with Crippen LogP contribution in [0.1, 0.15) is 25.3 Å². The average molecular weight is 305 g/mol. The van der Waals surface area contributed by atoms with Gasteiger partial charge in [0.25, 0.3) is 0 Å². The lowest BCUT2D eigenvalue weighted by atomic mass is 9.89. The lowest BCUT2D eigenvalue weighted by molar-refractivity contribution is -0.0328. The van der Waals surface area contributed by atoms with E-state index in [4.69, 9.17) is 4.74 Å². The van der Waals surface area contributed by atoms with Crippen LogP contribution in [0, 0.1) is 0 Å². The number of hydrogen-bond donors (Lipinski definition) is 1. The number of benzene rings is 1. The van der Waals surface area contributed by atoms with Gasteiger partial charge >= 0.3 is 5.51 Å². The summed E-state index contributed by atoms with van der Waals surface area (Å²) in [5.41, 5.74) is -3.23. The monoisotopic (exact) mass is 305 g/mol. The van der Waals surface area contributed by atoms with E-state index in [9.17, 15) is 13.2 Å². The maximum Gasteiger partial charge on any atom is 0.446 e. The van der Waals surface area contributed by atoms with Crippen molar-refractivity contribution in [2.75, 3.05) is 6.61 Å². The molecule has 1 aromatic rings. The van der Waals surface area contributed by atoms with E-state index in [1.165, 1.54) is 12.1 Å². The first kappa shape index (κ1) is 15.7. The third kappa shape index (κ3) is 5.00. The molecule has 0 atom stereocenters. The van der Waals surface area contributed by atoms with Crippen molar-refractivity contribution in [3.63, 3.8) is 0 Å². The van der Waals surface area contributed by atoms with Crippen LogP contribution in [-0.2, 0) is 11.3 Å². The summed E-state index contributed by atoms with van der Waals surface area (Å²) in [6.45, 7) is 3.41. The maximum atomic E-state index is 12.2. The molecule has 1 aromatic carbocycles. The summed E-state index contributed by atoms with van der Waals surface area (Å²) in [6, 6.07) is 6.95. The second-order valence-corrected chi connectivity index (χ2v) is 5.96. The summed E-state index contributed by atoms with van der Waals surface area (Å²) in [6.07, 6.45) is 2.38. The SMILES string of the molecule is CCOC1CC(NCc2ccc(SC(F)(F)F)cc2)C1. The van der Waals surface area contributed by atoms with E-state index in [1.807, 2.05) is 6.92 Å². The van der Waals surface area contributed by atoms with Crippen molar-refractivity contribution in [2.24, 2.45) is 0 Å². The van der Waals surface area contributed by atoms with E-state index in [0.29, 0.717) is 18.7 Å². The Morgan fingerprint density at radius 3 is 2.45 bits per heavy atom. The Kier molecular flexibility index (Phi) is 5.35. The van der Waals surface area contributed by atoms with Crippen molar-refractivity contribution < 1.29 is 17.9 Å². The Hall–Kier alpha value is -0.720. The number of ether oxygens (including phenoxy) is 1. The molecule has 0 amide bonds. The van der Waals surface area contributed by atoms with Crippen LogP contribution < -0.4 is 5.32 Å². The zero-order chi connectivity index (χ0) is 14.6. The molecule has 2 rings (SSSR count). The van der Waals surface area contributed by atoms with Crippen LogP contribution in [0.3, 0.4) is 0 Å². The topological polar surface area (TPSA) is 21.3 Å². The number of thioether (sulfide) groups is 1. The van der Waals surface area contributed by atoms with Gasteiger partial charge in [-0.15, -0.1) is 0 Å². The zero-order valence-corrected chi connectivity index (χ0v) is 12.1. The van der Waals surface area contributed by atoms with Crippen LogP contribution in [-0.4, -0.2) is 24.3 Å². The number of rotatable bonds is 6. The largest absolute Gasteiger partial charge is 0.446 e. The molecule has 1 aliphatic carbocycles. The van der Waals surface area contributed by atoms with Crippen molar-refractivity contribution in [1.29, 1.82) is 0 Å². The summed E-state index contributed by atoms with van der Waals surface area (Å²) >= 11 is -0.0817. The van der Waals surface area contributed by atoms with Crippen molar-refractivity contribution in [1.82, 2.24) is 5.32 Å². The molecule has 1 saturated carbocycles. The molecule has 0 aromatic heterocycles. The predicted octanol–water partition coefficient (Wildman–Crippen LogP) is 3.96. The van der Waals surface area contributed by atoms with Crippen LogP contribution in [0.2, 0.25) is 0 Å². The highest BCUT2D eigenvalue weighted by molar-refractivity contribution is 8.00. The van der Waals surface area contributed by atoms with Gasteiger partial charge in [-0.1, -0.05) is 12.1 Å². The Morgan fingerprint density at radius 1 is 1.25 bits per heavy atom. The van der Waals surface area contributed by atoms with E-state index >= 15 is 0 Å². The molecular formula is C14H18F3NOS. The fraction of sp³-hybridized carbons (Fsp3) is 0.571. The fourth-order valence-corrected chi connectivity index (χ4v) is 2.71. The molecule has 1 fully saturated rings. The maximum absolute atomic E-state index is 12.2. The molecule has 0 heterocycles. The van der Waals surface area contributed by atoms with Gasteiger partial charge in [-0.3, -0.25) is 0 Å². The van der Waals surface area contributed by atoms with Gasteiger partial charge in [0, 0.05) is 24.1 Å². The van der Waals surface area contributed by atoms with Gasteiger partial charge in [0.15, 0.2) is 0 Å². The van der Waals surface area contributed by atoms with E-state index < -0.39 is 5.51 Å². The molecular weight excluding hydrogens is 287 g/mol. The molecule has 0 radical (unpaired) electrons. The van der Waals surface area contributed by atoms with E-state index in [2.05, 4.69) is 5.32 Å². The quantitative estimate of drug-likeness (QED) is 0.804. The van der Waals surface area contributed by atoms with Crippen LogP contribution in [0.25, 0.3) is 0 Å². The van der Waals surface area contributed by atoms with E-state index in [0.717, 1.165) is 25.0 Å². The number of halogens is 3. The molecule has 0 aliphatic heterocycles. The molecule has 6 heteroatoms. The van der Waals surface area contributed by atoms with E-state index in [-0.39, 0.29) is 16.7 Å². The zero-order valence-electron chi connectivity index (χ0n) is 11.2. The lowest BCUT2D eigenvalue weighted by Gasteiger charge is -2.35. The summed E-state index contributed by atoms with van der Waals surface area (Å²) in [7, 11) is 0. The second-order valence-electron chi connectivity index (χ2n) is 4.82. The highest BCUT2D eigenvalue weighted by Gasteiger charge is 2.30. The first-order valence-electron chi connectivity index (χ1n) is 6.66. The van der Waals surface area contributed by atoms with Crippen molar-refractivity contribution in [3.8, 4) is 0 Å². The van der Waals surface area contributed by atoms with Crippen LogP contribution >= 0.6 is 11.8 Å². The summed E-state index contributed by atoms with van der Waals surface area (Å²) in [5, 5.41) is 3.38. The molecule has 1 aliphatic rings. The fourth-order valence-electron chi connectivity index (χ4n) is 2.18. The first-order chi connectivity index (χ1) is 9.46. The summed E-state index contributed by atoms with van der Waals surface area (Å²) < 4.78 is 42.0. The van der Waals surface area contributed by atoms with Crippen LogP contribution in [0.4, 0.5) is 13.2 Å². The summed E-state index contributed by atoms with van der Waals surface area (Å²) in [5.74, 6) is 0. The minimum absolute atomic E-state index is 0.0817. The van der Waals surface area contributed by atoms with Gasteiger partial charge in [-0.25, -0.2) is 0 Å². The minimum Gasteiger partial charge on any atom is -0.378 e. The number of nitrogens with one attached hydrogen (secondary N) is 1. The van der Waals surface area contributed by atoms with Gasteiger partial charge in [0.1, 0.15) is 0 Å².